The van der Waals surface area contributed by atoms with E-state index in [-0.39, 0.29) is 11.3 Å². The van der Waals surface area contributed by atoms with Gasteiger partial charge in [0.05, 0.1) is 16.0 Å². The van der Waals surface area contributed by atoms with Gasteiger partial charge in [-0.1, -0.05) is 38.0 Å². The van der Waals surface area contributed by atoms with E-state index in [1.54, 1.807) is 0 Å². The van der Waals surface area contributed by atoms with Gasteiger partial charge in [-0.2, -0.15) is 0 Å². The summed E-state index contributed by atoms with van der Waals surface area (Å²) < 4.78 is 12.8. The average Bonchev–Trinajstić information content (AvgIpc) is 2.61. The zero-order chi connectivity index (χ0) is 14.0. The van der Waals surface area contributed by atoms with Crippen LogP contribution in [0, 0.1) is 13.8 Å². The molecule has 1 N–H and O–H groups in total. The maximum Gasteiger partial charge on any atom is 0.0590 e. The van der Waals surface area contributed by atoms with Crippen molar-refractivity contribution in [1.82, 2.24) is 5.32 Å². The standard InChI is InChI=1S/C16H25NOS/c1-5-7-14-15(17-8-6-2)13-10-11(3)9-12(4)16(13)19(14)18/h9-10,14-15,17H,5-8H2,1-4H3. The number of hydrogen-bond acceptors (Lipinski definition) is 2. The Balaban J connectivity index is 2.42. The van der Waals surface area contributed by atoms with Gasteiger partial charge in [0.2, 0.25) is 0 Å². The highest BCUT2D eigenvalue weighted by Gasteiger charge is 2.38. The lowest BCUT2D eigenvalue weighted by atomic mass is 9.97. The molecular weight excluding hydrogens is 254 g/mol. The summed E-state index contributed by atoms with van der Waals surface area (Å²) in [6, 6.07) is 4.65. The summed E-state index contributed by atoms with van der Waals surface area (Å²) in [5.74, 6) is 0. The van der Waals surface area contributed by atoms with Crippen LogP contribution in [0.2, 0.25) is 0 Å². The molecule has 1 heterocycles. The van der Waals surface area contributed by atoms with E-state index in [2.05, 4.69) is 45.1 Å². The molecule has 19 heavy (non-hydrogen) atoms. The van der Waals surface area contributed by atoms with E-state index < -0.39 is 10.8 Å². The molecule has 1 aromatic rings. The molecule has 0 aliphatic carbocycles. The molecule has 1 aliphatic rings. The minimum Gasteiger partial charge on any atom is -0.309 e. The largest absolute Gasteiger partial charge is 0.309 e. The van der Waals surface area contributed by atoms with Crippen molar-refractivity contribution in [3.8, 4) is 0 Å². The molecule has 3 heteroatoms. The predicted molar refractivity (Wildman–Crippen MR) is 82.1 cm³/mol. The van der Waals surface area contributed by atoms with Crippen LogP contribution in [0.15, 0.2) is 17.0 Å². The zero-order valence-corrected chi connectivity index (χ0v) is 13.3. The van der Waals surface area contributed by atoms with Crippen LogP contribution in [0.25, 0.3) is 0 Å². The Morgan fingerprint density at radius 1 is 1.21 bits per heavy atom. The third-order valence-corrected chi connectivity index (χ3v) is 5.84. The van der Waals surface area contributed by atoms with Crippen molar-refractivity contribution in [3.63, 3.8) is 0 Å². The first-order valence-corrected chi connectivity index (χ1v) is 8.56. The molecule has 2 rings (SSSR count). The van der Waals surface area contributed by atoms with Crippen LogP contribution >= 0.6 is 0 Å². The van der Waals surface area contributed by atoms with Gasteiger partial charge < -0.3 is 5.32 Å². The van der Waals surface area contributed by atoms with Gasteiger partial charge in [-0.3, -0.25) is 4.21 Å². The number of nitrogens with one attached hydrogen (secondary N) is 1. The average molecular weight is 279 g/mol. The molecule has 0 radical (unpaired) electrons. The Kier molecular flexibility index (Phi) is 4.80. The van der Waals surface area contributed by atoms with Crippen molar-refractivity contribution in [2.75, 3.05) is 6.54 Å². The number of fused-ring (bicyclic) bond motifs is 1. The molecule has 0 saturated heterocycles. The smallest absolute Gasteiger partial charge is 0.0590 e. The van der Waals surface area contributed by atoms with Crippen LogP contribution in [0.5, 0.6) is 0 Å². The van der Waals surface area contributed by atoms with Crippen LogP contribution in [0.3, 0.4) is 0 Å². The molecule has 0 aromatic heterocycles. The molecule has 3 atom stereocenters. The van der Waals surface area contributed by atoms with Crippen molar-refractivity contribution in [3.05, 3.63) is 28.8 Å². The van der Waals surface area contributed by atoms with E-state index in [4.69, 9.17) is 0 Å². The van der Waals surface area contributed by atoms with Gasteiger partial charge in [-0.05, 0) is 44.4 Å². The Bertz CT molecular complexity index is 484. The van der Waals surface area contributed by atoms with Crippen molar-refractivity contribution in [2.24, 2.45) is 0 Å². The van der Waals surface area contributed by atoms with E-state index >= 15 is 0 Å². The second-order valence-corrected chi connectivity index (χ2v) is 7.17. The first-order chi connectivity index (χ1) is 9.10. The fraction of sp³-hybridized carbons (Fsp3) is 0.625. The van der Waals surface area contributed by atoms with E-state index in [9.17, 15) is 4.21 Å². The van der Waals surface area contributed by atoms with Crippen LogP contribution in [-0.2, 0) is 10.8 Å². The van der Waals surface area contributed by atoms with Crippen LogP contribution < -0.4 is 5.32 Å². The lowest BCUT2D eigenvalue weighted by Crippen LogP contribution is -2.30. The second kappa shape index (κ2) is 6.19. The van der Waals surface area contributed by atoms with Gasteiger partial charge >= 0.3 is 0 Å². The van der Waals surface area contributed by atoms with Crippen molar-refractivity contribution >= 4 is 10.8 Å². The van der Waals surface area contributed by atoms with Crippen LogP contribution in [0.1, 0.15) is 55.8 Å². The highest BCUT2D eigenvalue weighted by molar-refractivity contribution is 7.86. The molecular formula is C16H25NOS. The SMILES string of the molecule is CCCNC1c2cc(C)cc(C)c2S(=O)C1CCC. The fourth-order valence-electron chi connectivity index (χ4n) is 3.07. The summed E-state index contributed by atoms with van der Waals surface area (Å²) in [6.07, 6.45) is 3.23. The topological polar surface area (TPSA) is 29.1 Å². The van der Waals surface area contributed by atoms with Gasteiger partial charge in [0, 0.05) is 10.9 Å². The third-order valence-electron chi connectivity index (χ3n) is 3.82. The van der Waals surface area contributed by atoms with Crippen LogP contribution in [-0.4, -0.2) is 16.0 Å². The first kappa shape index (κ1) is 14.7. The summed E-state index contributed by atoms with van der Waals surface area (Å²) in [5.41, 5.74) is 3.74. The molecule has 106 valence electrons. The monoisotopic (exact) mass is 279 g/mol. The minimum atomic E-state index is -0.851. The van der Waals surface area contributed by atoms with Crippen molar-refractivity contribution < 1.29 is 4.21 Å². The lowest BCUT2D eigenvalue weighted by Gasteiger charge is -2.20. The summed E-state index contributed by atoms with van der Waals surface area (Å²) in [6.45, 7) is 9.56. The molecule has 0 amide bonds. The quantitative estimate of drug-likeness (QED) is 0.891. The molecule has 0 fully saturated rings. The van der Waals surface area contributed by atoms with Gasteiger partial charge in [0.25, 0.3) is 0 Å². The summed E-state index contributed by atoms with van der Waals surface area (Å²) >= 11 is 0. The third kappa shape index (κ3) is 2.77. The summed E-state index contributed by atoms with van der Waals surface area (Å²) in [5, 5.41) is 3.86. The highest BCUT2D eigenvalue weighted by atomic mass is 32.2. The fourth-order valence-corrected chi connectivity index (χ4v) is 5.10. The molecule has 1 aliphatic heterocycles. The Morgan fingerprint density at radius 3 is 2.58 bits per heavy atom. The minimum absolute atomic E-state index is 0.243. The predicted octanol–water partition coefficient (Wildman–Crippen LogP) is 3.63. The zero-order valence-electron chi connectivity index (χ0n) is 12.5. The second-order valence-electron chi connectivity index (χ2n) is 5.56. The number of hydrogen-bond donors (Lipinski definition) is 1. The first-order valence-electron chi connectivity index (χ1n) is 7.35. The van der Waals surface area contributed by atoms with Gasteiger partial charge in [-0.15, -0.1) is 0 Å². The highest BCUT2D eigenvalue weighted by Crippen LogP contribution is 2.40. The van der Waals surface area contributed by atoms with Crippen molar-refractivity contribution in [2.45, 2.75) is 63.1 Å². The molecule has 0 saturated carbocycles. The number of benzene rings is 1. The molecule has 0 spiro atoms. The Hall–Kier alpha value is -0.670. The van der Waals surface area contributed by atoms with E-state index in [0.717, 1.165) is 30.7 Å². The molecule has 3 unspecified atom stereocenters. The van der Waals surface area contributed by atoms with Gasteiger partial charge in [0.15, 0.2) is 0 Å². The Morgan fingerprint density at radius 2 is 1.95 bits per heavy atom. The van der Waals surface area contributed by atoms with Gasteiger partial charge in [0.1, 0.15) is 0 Å². The van der Waals surface area contributed by atoms with Crippen LogP contribution in [0.4, 0.5) is 0 Å². The van der Waals surface area contributed by atoms with E-state index in [1.807, 2.05) is 0 Å². The maximum absolute atomic E-state index is 12.8. The maximum atomic E-state index is 12.8. The van der Waals surface area contributed by atoms with Gasteiger partial charge in [-0.25, -0.2) is 0 Å². The molecule has 2 nitrogen and oxygen atoms in total. The number of aryl methyl sites for hydroxylation is 2. The van der Waals surface area contributed by atoms with E-state index in [1.165, 1.54) is 16.7 Å². The Labute approximate surface area is 119 Å². The summed E-state index contributed by atoms with van der Waals surface area (Å²) in [4.78, 5) is 1.10. The molecule has 1 aromatic carbocycles. The summed E-state index contributed by atoms with van der Waals surface area (Å²) in [7, 11) is -0.851. The molecule has 0 bridgehead atoms. The van der Waals surface area contributed by atoms with Crippen molar-refractivity contribution in [1.29, 1.82) is 0 Å². The van der Waals surface area contributed by atoms with E-state index in [0.29, 0.717) is 0 Å². The normalized spacial score (nSPS) is 25.6. The number of rotatable bonds is 5. The lowest BCUT2D eigenvalue weighted by molar-refractivity contribution is 0.492.